The van der Waals surface area contributed by atoms with E-state index in [1.54, 1.807) is 11.8 Å². The lowest BCUT2D eigenvalue weighted by molar-refractivity contribution is -0.118. The van der Waals surface area contributed by atoms with Gasteiger partial charge >= 0.3 is 0 Å². The zero-order chi connectivity index (χ0) is 15.8. The predicted molar refractivity (Wildman–Crippen MR) is 90.9 cm³/mol. The summed E-state index contributed by atoms with van der Waals surface area (Å²) < 4.78 is 6.36. The molecule has 0 saturated heterocycles. The largest absolute Gasteiger partial charge is 0.484 e. The Morgan fingerprint density at radius 1 is 1.36 bits per heavy atom. The zero-order valence-electron chi connectivity index (χ0n) is 12.7. The van der Waals surface area contributed by atoms with Crippen LogP contribution in [0.5, 0.6) is 5.75 Å². The fourth-order valence-electron chi connectivity index (χ4n) is 1.67. The first-order valence-electron chi connectivity index (χ1n) is 7.19. The van der Waals surface area contributed by atoms with Gasteiger partial charge in [-0.15, -0.1) is 10.2 Å². The summed E-state index contributed by atoms with van der Waals surface area (Å²) >= 11 is 3.03. The topological polar surface area (TPSA) is 64.1 Å². The van der Waals surface area contributed by atoms with Gasteiger partial charge in [-0.05, 0) is 30.5 Å². The fourth-order valence-corrected chi connectivity index (χ4v) is 3.36. The van der Waals surface area contributed by atoms with Gasteiger partial charge in [0.2, 0.25) is 5.13 Å². The molecule has 2 aromatic rings. The minimum absolute atomic E-state index is 0.0375. The van der Waals surface area contributed by atoms with Crippen molar-refractivity contribution in [3.8, 4) is 5.75 Å². The normalized spacial score (nSPS) is 10.5. The summed E-state index contributed by atoms with van der Waals surface area (Å²) in [5, 5.41) is 11.2. The smallest absolute Gasteiger partial charge is 0.264 e. The first-order chi connectivity index (χ1) is 10.7. The van der Waals surface area contributed by atoms with Crippen LogP contribution in [0.3, 0.4) is 0 Å². The van der Waals surface area contributed by atoms with E-state index in [-0.39, 0.29) is 12.5 Å². The number of anilines is 1. The van der Waals surface area contributed by atoms with E-state index < -0.39 is 0 Å². The van der Waals surface area contributed by atoms with E-state index in [0.29, 0.717) is 10.9 Å². The lowest BCUT2D eigenvalue weighted by Crippen LogP contribution is -2.20. The molecule has 118 valence electrons. The molecule has 1 heterocycles. The molecule has 0 aliphatic carbocycles. The first kappa shape index (κ1) is 16.8. The Morgan fingerprint density at radius 3 is 3.00 bits per heavy atom. The van der Waals surface area contributed by atoms with Crippen LogP contribution in [0.25, 0.3) is 0 Å². The zero-order valence-corrected chi connectivity index (χ0v) is 14.3. The van der Waals surface area contributed by atoms with Gasteiger partial charge in [0.05, 0.1) is 0 Å². The number of aryl methyl sites for hydroxylation is 1. The summed E-state index contributed by atoms with van der Waals surface area (Å²) in [5.41, 5.74) is 1.18. The van der Waals surface area contributed by atoms with Gasteiger partial charge in [0, 0.05) is 5.75 Å². The Morgan fingerprint density at radius 2 is 2.23 bits per heavy atom. The number of amides is 1. The number of ether oxygens (including phenoxy) is 1. The minimum Gasteiger partial charge on any atom is -0.484 e. The molecule has 7 heteroatoms. The average Bonchev–Trinajstić information content (AvgIpc) is 2.98. The van der Waals surface area contributed by atoms with Crippen LogP contribution in [0.1, 0.15) is 25.8 Å². The van der Waals surface area contributed by atoms with Crippen molar-refractivity contribution in [2.75, 3.05) is 17.7 Å². The van der Waals surface area contributed by atoms with E-state index in [1.165, 1.54) is 16.9 Å². The van der Waals surface area contributed by atoms with Gasteiger partial charge in [-0.2, -0.15) is 0 Å². The number of thioether (sulfide) groups is 1. The molecule has 0 atom stereocenters. The monoisotopic (exact) mass is 337 g/mol. The number of carbonyl (C=O) groups excluding carboxylic acids is 1. The molecule has 0 radical (unpaired) electrons. The standard InChI is InChI=1S/C15H19N3O2S2/c1-3-8-21-15-18-17-14(22-15)16-13(19)10-20-12-7-5-6-11(4-2)9-12/h5-7,9H,3-4,8,10H2,1-2H3,(H,16,17,19). The van der Waals surface area contributed by atoms with E-state index in [1.807, 2.05) is 24.3 Å². The lowest BCUT2D eigenvalue weighted by Gasteiger charge is -2.06. The molecule has 5 nitrogen and oxygen atoms in total. The minimum atomic E-state index is -0.231. The van der Waals surface area contributed by atoms with E-state index >= 15 is 0 Å². The molecular weight excluding hydrogens is 318 g/mol. The Balaban J connectivity index is 1.81. The van der Waals surface area contributed by atoms with Gasteiger partial charge in [0.25, 0.3) is 5.91 Å². The lowest BCUT2D eigenvalue weighted by atomic mass is 10.2. The van der Waals surface area contributed by atoms with Crippen molar-refractivity contribution in [3.63, 3.8) is 0 Å². The van der Waals surface area contributed by atoms with Crippen LogP contribution in [0, 0.1) is 0 Å². The Labute approximate surface area is 138 Å². The van der Waals surface area contributed by atoms with Crippen molar-refractivity contribution in [3.05, 3.63) is 29.8 Å². The molecule has 1 N–H and O–H groups in total. The van der Waals surface area contributed by atoms with E-state index in [2.05, 4.69) is 29.4 Å². The molecule has 0 spiro atoms. The van der Waals surface area contributed by atoms with Gasteiger partial charge in [-0.25, -0.2) is 0 Å². The van der Waals surface area contributed by atoms with Gasteiger partial charge in [0.15, 0.2) is 10.9 Å². The number of rotatable bonds is 8. The van der Waals surface area contributed by atoms with Crippen LogP contribution >= 0.6 is 23.1 Å². The molecular formula is C15H19N3O2S2. The maximum Gasteiger partial charge on any atom is 0.264 e. The molecule has 0 aliphatic heterocycles. The summed E-state index contributed by atoms with van der Waals surface area (Å²) in [6.45, 7) is 4.15. The summed E-state index contributed by atoms with van der Waals surface area (Å²) in [6.07, 6.45) is 2.02. The van der Waals surface area contributed by atoms with Gasteiger partial charge in [-0.3, -0.25) is 10.1 Å². The van der Waals surface area contributed by atoms with E-state index in [0.717, 1.165) is 22.9 Å². The highest BCUT2D eigenvalue weighted by Gasteiger charge is 2.09. The van der Waals surface area contributed by atoms with Gasteiger partial charge in [-0.1, -0.05) is 49.1 Å². The molecule has 0 fully saturated rings. The van der Waals surface area contributed by atoms with Crippen LogP contribution < -0.4 is 10.1 Å². The summed E-state index contributed by atoms with van der Waals surface area (Å²) in [7, 11) is 0. The third-order valence-electron chi connectivity index (χ3n) is 2.76. The Hall–Kier alpha value is -1.60. The molecule has 0 saturated carbocycles. The van der Waals surface area contributed by atoms with Gasteiger partial charge < -0.3 is 4.74 Å². The SMILES string of the molecule is CCCSc1nnc(NC(=O)COc2cccc(CC)c2)s1. The number of nitrogens with zero attached hydrogens (tertiary/aromatic N) is 2. The average molecular weight is 337 g/mol. The highest BCUT2D eigenvalue weighted by atomic mass is 32.2. The molecule has 1 aromatic carbocycles. The van der Waals surface area contributed by atoms with Crippen LogP contribution in [-0.4, -0.2) is 28.5 Å². The summed E-state index contributed by atoms with van der Waals surface area (Å²) in [4.78, 5) is 11.9. The quantitative estimate of drug-likeness (QED) is 0.589. The number of aromatic nitrogens is 2. The molecule has 0 unspecified atom stereocenters. The van der Waals surface area contributed by atoms with Crippen molar-refractivity contribution in [1.29, 1.82) is 0 Å². The molecule has 2 rings (SSSR count). The second-order valence-electron chi connectivity index (χ2n) is 4.56. The second kappa shape index (κ2) is 8.75. The van der Waals surface area contributed by atoms with Crippen LogP contribution in [0.2, 0.25) is 0 Å². The number of hydrogen-bond acceptors (Lipinski definition) is 6. The molecule has 0 bridgehead atoms. The van der Waals surface area contributed by atoms with Crippen molar-refractivity contribution in [1.82, 2.24) is 10.2 Å². The Bertz CT molecular complexity index is 616. The van der Waals surface area contributed by atoms with E-state index in [4.69, 9.17) is 4.74 Å². The van der Waals surface area contributed by atoms with Crippen LogP contribution in [-0.2, 0) is 11.2 Å². The predicted octanol–water partition coefficient (Wildman–Crippen LogP) is 3.62. The second-order valence-corrected chi connectivity index (χ2v) is 6.88. The highest BCUT2D eigenvalue weighted by molar-refractivity contribution is 8.01. The molecule has 0 aliphatic rings. The summed E-state index contributed by atoms with van der Waals surface area (Å²) in [5.74, 6) is 1.47. The molecule has 1 amide bonds. The molecule has 1 aromatic heterocycles. The fraction of sp³-hybridized carbons (Fsp3) is 0.400. The number of carbonyl (C=O) groups is 1. The van der Waals surface area contributed by atoms with Crippen molar-refractivity contribution in [2.45, 2.75) is 31.0 Å². The van der Waals surface area contributed by atoms with Crippen molar-refractivity contribution in [2.24, 2.45) is 0 Å². The summed E-state index contributed by atoms with van der Waals surface area (Å²) in [6, 6.07) is 7.74. The van der Waals surface area contributed by atoms with Gasteiger partial charge in [0.1, 0.15) is 5.75 Å². The molecule has 22 heavy (non-hydrogen) atoms. The maximum absolute atomic E-state index is 11.9. The Kier molecular flexibility index (Phi) is 6.67. The third kappa shape index (κ3) is 5.31. The van der Waals surface area contributed by atoms with Crippen LogP contribution in [0.15, 0.2) is 28.6 Å². The maximum atomic E-state index is 11.9. The van der Waals surface area contributed by atoms with Crippen molar-refractivity contribution < 1.29 is 9.53 Å². The van der Waals surface area contributed by atoms with E-state index in [9.17, 15) is 4.79 Å². The number of benzene rings is 1. The van der Waals surface area contributed by atoms with Crippen LogP contribution in [0.4, 0.5) is 5.13 Å². The number of nitrogens with one attached hydrogen (secondary N) is 1. The highest BCUT2D eigenvalue weighted by Crippen LogP contribution is 2.25. The van der Waals surface area contributed by atoms with Crippen molar-refractivity contribution >= 4 is 34.1 Å². The third-order valence-corrected chi connectivity index (χ3v) is 4.94. The first-order valence-corrected chi connectivity index (χ1v) is 8.99. The number of hydrogen-bond donors (Lipinski definition) is 1.